The number of aromatic nitrogens is 2. The Labute approximate surface area is 111 Å². The van der Waals surface area contributed by atoms with E-state index in [2.05, 4.69) is 10.4 Å². The maximum absolute atomic E-state index is 12.0. The maximum atomic E-state index is 12.0. The summed E-state index contributed by atoms with van der Waals surface area (Å²) in [6.07, 6.45) is 3.73. The van der Waals surface area contributed by atoms with Gasteiger partial charge in [0.2, 0.25) is 0 Å². The molecule has 0 radical (unpaired) electrons. The van der Waals surface area contributed by atoms with E-state index in [1.165, 1.54) is 0 Å². The number of hydrogen-bond donors (Lipinski definition) is 1. The van der Waals surface area contributed by atoms with Crippen molar-refractivity contribution in [1.82, 2.24) is 20.0 Å². The molecule has 1 aromatic rings. The van der Waals surface area contributed by atoms with Crippen LogP contribution in [0.3, 0.4) is 0 Å². The summed E-state index contributed by atoms with van der Waals surface area (Å²) in [6, 6.07) is 0. The fourth-order valence-corrected chi connectivity index (χ4v) is 2.17. The van der Waals surface area contributed by atoms with Crippen LogP contribution in [0.1, 0.15) is 25.1 Å². The van der Waals surface area contributed by atoms with Crippen LogP contribution in [0.4, 0.5) is 0 Å². The quantitative estimate of drug-likeness (QED) is 0.660. The summed E-state index contributed by atoms with van der Waals surface area (Å²) in [7, 11) is 0. The third-order valence-corrected chi connectivity index (χ3v) is 3.21. The molecule has 2 rings (SSSR count). The number of amides is 1. The fourth-order valence-electron chi connectivity index (χ4n) is 1.85. The summed E-state index contributed by atoms with van der Waals surface area (Å²) < 4.78 is 1.84. The van der Waals surface area contributed by atoms with Crippen LogP contribution in [0.5, 0.6) is 0 Å². The lowest BCUT2D eigenvalue weighted by atomic mass is 10.2. The van der Waals surface area contributed by atoms with E-state index in [1.807, 2.05) is 31.6 Å². The lowest BCUT2D eigenvalue weighted by Crippen LogP contribution is -2.30. The van der Waals surface area contributed by atoms with Gasteiger partial charge in [-0.25, -0.2) is 0 Å². The highest BCUT2D eigenvalue weighted by Crippen LogP contribution is 2.15. The van der Waals surface area contributed by atoms with Gasteiger partial charge in [0.25, 0.3) is 5.91 Å². The molecule has 1 fully saturated rings. The molecule has 0 aliphatic carbocycles. The van der Waals surface area contributed by atoms with Gasteiger partial charge in [-0.1, -0.05) is 0 Å². The number of thiocarbonyl (C=S) groups is 1. The number of likely N-dealkylation sites (N-methyl/N-ethyl adjacent to an activating group) is 1. The van der Waals surface area contributed by atoms with Crippen LogP contribution >= 0.6 is 12.2 Å². The van der Waals surface area contributed by atoms with Gasteiger partial charge < -0.3 is 5.32 Å². The molecule has 2 heterocycles. The number of hydrogen-bond acceptors (Lipinski definition) is 3. The smallest absolute Gasteiger partial charge is 0.276 e. The summed E-state index contributed by atoms with van der Waals surface area (Å²) in [6.45, 7) is 7.24. The van der Waals surface area contributed by atoms with Crippen LogP contribution < -0.4 is 5.32 Å². The van der Waals surface area contributed by atoms with Gasteiger partial charge in [0.15, 0.2) is 5.11 Å². The van der Waals surface area contributed by atoms with Crippen molar-refractivity contribution >= 4 is 29.3 Å². The summed E-state index contributed by atoms with van der Waals surface area (Å²) in [4.78, 5) is 13.6. The van der Waals surface area contributed by atoms with E-state index in [-0.39, 0.29) is 5.91 Å². The predicted octanol–water partition coefficient (Wildman–Crippen LogP) is 1.29. The molecule has 0 unspecified atom stereocenters. The number of rotatable bonds is 3. The van der Waals surface area contributed by atoms with Crippen LogP contribution in [-0.2, 0) is 11.3 Å². The minimum atomic E-state index is -0.0776. The van der Waals surface area contributed by atoms with Gasteiger partial charge in [0.1, 0.15) is 5.70 Å². The molecular weight excluding hydrogens is 248 g/mol. The Kier molecular flexibility index (Phi) is 3.47. The second kappa shape index (κ2) is 4.89. The van der Waals surface area contributed by atoms with Gasteiger partial charge in [-0.3, -0.25) is 14.4 Å². The number of carbonyl (C=O) groups is 1. The zero-order chi connectivity index (χ0) is 13.3. The van der Waals surface area contributed by atoms with E-state index in [9.17, 15) is 4.79 Å². The molecule has 0 spiro atoms. The molecular formula is C12H16N4OS. The number of nitrogens with zero attached hydrogens (tertiary/aromatic N) is 3. The Bertz CT molecular complexity index is 532. The average molecular weight is 264 g/mol. The second-order valence-corrected chi connectivity index (χ2v) is 4.45. The Morgan fingerprint density at radius 1 is 1.44 bits per heavy atom. The molecule has 5 nitrogen and oxygen atoms in total. The molecule has 0 aromatic carbocycles. The van der Waals surface area contributed by atoms with Gasteiger partial charge in [-0.2, -0.15) is 5.10 Å². The summed E-state index contributed by atoms with van der Waals surface area (Å²) in [5, 5.41) is 7.75. The van der Waals surface area contributed by atoms with Crippen LogP contribution in [0, 0.1) is 6.92 Å². The number of carbonyl (C=O) groups excluding carboxylic acids is 1. The van der Waals surface area contributed by atoms with Gasteiger partial charge >= 0.3 is 0 Å². The number of nitrogens with one attached hydrogen (secondary N) is 1. The van der Waals surface area contributed by atoms with Crippen molar-refractivity contribution in [3.63, 3.8) is 0 Å². The Balaban J connectivity index is 2.31. The lowest BCUT2D eigenvalue weighted by molar-refractivity contribution is -0.122. The monoisotopic (exact) mass is 264 g/mol. The van der Waals surface area contributed by atoms with Crippen molar-refractivity contribution < 1.29 is 4.79 Å². The van der Waals surface area contributed by atoms with Crippen molar-refractivity contribution in [3.05, 3.63) is 23.2 Å². The van der Waals surface area contributed by atoms with Crippen molar-refractivity contribution in [3.8, 4) is 0 Å². The first kappa shape index (κ1) is 12.8. The molecule has 1 aliphatic heterocycles. The molecule has 1 amide bonds. The van der Waals surface area contributed by atoms with E-state index < -0.39 is 0 Å². The normalized spacial score (nSPS) is 17.7. The third-order valence-electron chi connectivity index (χ3n) is 2.89. The molecule has 6 heteroatoms. The zero-order valence-corrected chi connectivity index (χ0v) is 11.5. The molecule has 0 saturated carbocycles. The third kappa shape index (κ3) is 2.15. The first-order valence-corrected chi connectivity index (χ1v) is 6.36. The Morgan fingerprint density at radius 3 is 2.67 bits per heavy atom. The van der Waals surface area contributed by atoms with Crippen LogP contribution in [0.25, 0.3) is 6.08 Å². The molecule has 0 bridgehead atoms. The zero-order valence-electron chi connectivity index (χ0n) is 10.7. The fraction of sp³-hybridized carbons (Fsp3) is 0.417. The molecule has 1 aliphatic rings. The van der Waals surface area contributed by atoms with Gasteiger partial charge in [0.05, 0.1) is 5.69 Å². The number of aryl methyl sites for hydroxylation is 2. The highest BCUT2D eigenvalue weighted by molar-refractivity contribution is 7.80. The highest BCUT2D eigenvalue weighted by atomic mass is 32.1. The summed E-state index contributed by atoms with van der Waals surface area (Å²) in [5.74, 6) is -0.0776. The van der Waals surface area contributed by atoms with Gasteiger partial charge in [0, 0.05) is 24.8 Å². The summed E-state index contributed by atoms with van der Waals surface area (Å²) in [5.41, 5.74) is 2.36. The van der Waals surface area contributed by atoms with E-state index in [0.29, 0.717) is 17.4 Å². The van der Waals surface area contributed by atoms with E-state index in [1.54, 1.807) is 11.0 Å². The van der Waals surface area contributed by atoms with E-state index >= 15 is 0 Å². The minimum Gasteiger partial charge on any atom is -0.328 e. The standard InChI is InChI=1S/C12H16N4OS/c1-4-15-7-9(8(3)14-15)6-10-11(17)16(5-2)12(18)13-10/h6-7H,4-5H2,1-3H3,(H,13,18)/b10-6+. The molecule has 96 valence electrons. The second-order valence-electron chi connectivity index (χ2n) is 4.06. The molecule has 1 saturated heterocycles. The van der Waals surface area contributed by atoms with E-state index in [0.717, 1.165) is 17.8 Å². The largest absolute Gasteiger partial charge is 0.328 e. The van der Waals surface area contributed by atoms with Crippen LogP contribution in [-0.4, -0.2) is 32.2 Å². The highest BCUT2D eigenvalue weighted by Gasteiger charge is 2.29. The summed E-state index contributed by atoms with van der Waals surface area (Å²) >= 11 is 5.10. The Morgan fingerprint density at radius 2 is 2.17 bits per heavy atom. The molecule has 0 atom stereocenters. The molecule has 1 aromatic heterocycles. The van der Waals surface area contributed by atoms with E-state index in [4.69, 9.17) is 12.2 Å². The van der Waals surface area contributed by atoms with Crippen molar-refractivity contribution in [2.24, 2.45) is 0 Å². The topological polar surface area (TPSA) is 50.2 Å². The van der Waals surface area contributed by atoms with Crippen molar-refractivity contribution in [2.45, 2.75) is 27.3 Å². The first-order chi connectivity index (χ1) is 8.56. The SMILES string of the molecule is CCN1C(=O)/C(=C\c2cn(CC)nc2C)NC1=S. The predicted molar refractivity (Wildman–Crippen MR) is 73.7 cm³/mol. The molecule has 1 N–H and O–H groups in total. The first-order valence-electron chi connectivity index (χ1n) is 5.95. The average Bonchev–Trinajstić information content (AvgIpc) is 2.82. The van der Waals surface area contributed by atoms with Crippen LogP contribution in [0.15, 0.2) is 11.9 Å². The van der Waals surface area contributed by atoms with Crippen LogP contribution in [0.2, 0.25) is 0 Å². The maximum Gasteiger partial charge on any atom is 0.276 e. The van der Waals surface area contributed by atoms with Gasteiger partial charge in [-0.05, 0) is 39.1 Å². The minimum absolute atomic E-state index is 0.0776. The van der Waals surface area contributed by atoms with Crippen molar-refractivity contribution in [2.75, 3.05) is 6.54 Å². The van der Waals surface area contributed by atoms with Crippen molar-refractivity contribution in [1.29, 1.82) is 0 Å². The van der Waals surface area contributed by atoms with Gasteiger partial charge in [-0.15, -0.1) is 0 Å². The Hall–Kier alpha value is -1.69. The lowest BCUT2D eigenvalue weighted by Gasteiger charge is -2.08. The molecule has 18 heavy (non-hydrogen) atoms.